The molecule has 1 amide bonds. The average Bonchev–Trinajstić information content (AvgIpc) is 2.40. The van der Waals surface area contributed by atoms with E-state index in [1.165, 1.54) is 6.07 Å². The number of nitrogen functional groups attached to an aromatic ring is 1. The Balaban J connectivity index is 2.38. The molecule has 0 saturated heterocycles. The summed E-state index contributed by atoms with van der Waals surface area (Å²) in [5.74, 6) is -1.12. The Hall–Kier alpha value is -2.70. The zero-order valence-electron chi connectivity index (χ0n) is 10.7. The molecule has 4 nitrogen and oxygen atoms in total. The quantitative estimate of drug-likeness (QED) is 0.761. The van der Waals surface area contributed by atoms with Crippen molar-refractivity contribution >= 4 is 23.0 Å². The van der Waals surface area contributed by atoms with Gasteiger partial charge < -0.3 is 16.8 Å². The van der Waals surface area contributed by atoms with Crippen molar-refractivity contribution in [2.24, 2.45) is 5.73 Å². The summed E-state index contributed by atoms with van der Waals surface area (Å²) >= 11 is 0. The van der Waals surface area contributed by atoms with Crippen molar-refractivity contribution in [3.8, 4) is 0 Å². The molecule has 2 aromatic carbocycles. The minimum absolute atomic E-state index is 0.192. The summed E-state index contributed by atoms with van der Waals surface area (Å²) in [6, 6.07) is 9.73. The first-order valence-electron chi connectivity index (χ1n) is 5.91. The first kappa shape index (κ1) is 14.7. The zero-order chi connectivity index (χ0) is 15.6. The van der Waals surface area contributed by atoms with E-state index in [4.69, 9.17) is 11.5 Å². The first-order valence-corrected chi connectivity index (χ1v) is 5.91. The maximum atomic E-state index is 12.9. The Bertz CT molecular complexity index is 666. The molecule has 0 aliphatic heterocycles. The number of hydrogen-bond donors (Lipinski definition) is 3. The summed E-state index contributed by atoms with van der Waals surface area (Å²) in [5.41, 5.74) is 10.2. The van der Waals surface area contributed by atoms with Crippen LogP contribution in [0.3, 0.4) is 0 Å². The van der Waals surface area contributed by atoms with Crippen molar-refractivity contribution in [1.29, 1.82) is 0 Å². The summed E-state index contributed by atoms with van der Waals surface area (Å²) in [4.78, 5) is 11.1. The fourth-order valence-corrected chi connectivity index (χ4v) is 1.80. The van der Waals surface area contributed by atoms with E-state index in [0.29, 0.717) is 11.4 Å². The molecule has 110 valence electrons. The molecule has 2 aromatic rings. The SMILES string of the molecule is NC(=O)c1ccc(Nc2ccc(N)cc2)cc1C(F)(F)F. The maximum absolute atomic E-state index is 12.9. The highest BCUT2D eigenvalue weighted by molar-refractivity contribution is 5.95. The predicted octanol–water partition coefficient (Wildman–Crippen LogP) is 3.13. The number of anilines is 3. The van der Waals surface area contributed by atoms with E-state index in [-0.39, 0.29) is 5.69 Å². The standard InChI is InChI=1S/C14H12F3N3O/c15-14(16,17)12-7-10(5-6-11(12)13(19)21)20-9-3-1-8(18)2-4-9/h1-7,20H,18H2,(H2,19,21). The molecule has 5 N–H and O–H groups in total. The summed E-state index contributed by atoms with van der Waals surface area (Å²) in [6.45, 7) is 0. The van der Waals surface area contributed by atoms with Crippen molar-refractivity contribution in [2.75, 3.05) is 11.1 Å². The second kappa shape index (κ2) is 5.35. The molecule has 0 aliphatic rings. The maximum Gasteiger partial charge on any atom is 0.417 e. The van der Waals surface area contributed by atoms with Crippen LogP contribution in [0.4, 0.5) is 30.2 Å². The van der Waals surface area contributed by atoms with Gasteiger partial charge in [0.1, 0.15) is 0 Å². The number of alkyl halides is 3. The van der Waals surface area contributed by atoms with E-state index < -0.39 is 23.2 Å². The molecule has 0 saturated carbocycles. The highest BCUT2D eigenvalue weighted by atomic mass is 19.4. The highest BCUT2D eigenvalue weighted by Gasteiger charge is 2.35. The van der Waals surface area contributed by atoms with Crippen LogP contribution >= 0.6 is 0 Å². The van der Waals surface area contributed by atoms with Crippen molar-refractivity contribution in [2.45, 2.75) is 6.18 Å². The number of halogens is 3. The lowest BCUT2D eigenvalue weighted by Crippen LogP contribution is -2.18. The fraction of sp³-hybridized carbons (Fsp3) is 0.0714. The molecule has 0 heterocycles. The Morgan fingerprint density at radius 2 is 1.57 bits per heavy atom. The van der Waals surface area contributed by atoms with E-state index in [2.05, 4.69) is 5.32 Å². The minimum Gasteiger partial charge on any atom is -0.399 e. The Morgan fingerprint density at radius 1 is 1.00 bits per heavy atom. The van der Waals surface area contributed by atoms with Crippen LogP contribution in [0.5, 0.6) is 0 Å². The van der Waals surface area contributed by atoms with Gasteiger partial charge in [0.25, 0.3) is 0 Å². The van der Waals surface area contributed by atoms with E-state index in [1.807, 2.05) is 0 Å². The van der Waals surface area contributed by atoms with Crippen LogP contribution in [0.15, 0.2) is 42.5 Å². The number of primary amides is 1. The number of carbonyl (C=O) groups excluding carboxylic acids is 1. The Morgan fingerprint density at radius 3 is 2.10 bits per heavy atom. The lowest BCUT2D eigenvalue weighted by atomic mass is 10.1. The van der Waals surface area contributed by atoms with Gasteiger partial charge in [-0.3, -0.25) is 4.79 Å². The molecule has 0 aromatic heterocycles. The second-order valence-corrected chi connectivity index (χ2v) is 4.37. The number of hydrogen-bond acceptors (Lipinski definition) is 3. The van der Waals surface area contributed by atoms with Crippen LogP contribution < -0.4 is 16.8 Å². The smallest absolute Gasteiger partial charge is 0.399 e. The van der Waals surface area contributed by atoms with E-state index in [9.17, 15) is 18.0 Å². The van der Waals surface area contributed by atoms with Crippen LogP contribution in [0.25, 0.3) is 0 Å². The van der Waals surface area contributed by atoms with Gasteiger partial charge in [-0.1, -0.05) is 0 Å². The molecule has 7 heteroatoms. The van der Waals surface area contributed by atoms with E-state index in [0.717, 1.165) is 12.1 Å². The molecule has 0 atom stereocenters. The molecule has 21 heavy (non-hydrogen) atoms. The van der Waals surface area contributed by atoms with Gasteiger partial charge in [0, 0.05) is 17.1 Å². The molecular weight excluding hydrogens is 283 g/mol. The number of rotatable bonds is 3. The largest absolute Gasteiger partial charge is 0.417 e. The predicted molar refractivity (Wildman–Crippen MR) is 74.1 cm³/mol. The third-order valence-corrected chi connectivity index (χ3v) is 2.79. The molecule has 0 unspecified atom stereocenters. The van der Waals surface area contributed by atoms with Gasteiger partial charge in [-0.2, -0.15) is 13.2 Å². The molecular formula is C14H12F3N3O. The van der Waals surface area contributed by atoms with Gasteiger partial charge in [0.2, 0.25) is 5.91 Å². The summed E-state index contributed by atoms with van der Waals surface area (Å²) in [5, 5.41) is 2.80. The summed E-state index contributed by atoms with van der Waals surface area (Å²) < 4.78 is 38.8. The van der Waals surface area contributed by atoms with Crippen LogP contribution in [0.2, 0.25) is 0 Å². The van der Waals surface area contributed by atoms with Gasteiger partial charge >= 0.3 is 6.18 Å². The normalized spacial score (nSPS) is 11.2. The zero-order valence-corrected chi connectivity index (χ0v) is 10.7. The number of nitrogens with one attached hydrogen (secondary N) is 1. The lowest BCUT2D eigenvalue weighted by Gasteiger charge is -2.14. The second-order valence-electron chi connectivity index (χ2n) is 4.37. The fourth-order valence-electron chi connectivity index (χ4n) is 1.80. The number of benzene rings is 2. The van der Waals surface area contributed by atoms with Gasteiger partial charge in [0.05, 0.1) is 11.1 Å². The van der Waals surface area contributed by atoms with Gasteiger partial charge in [-0.15, -0.1) is 0 Å². The molecule has 0 radical (unpaired) electrons. The third kappa shape index (κ3) is 3.44. The Labute approximate surface area is 118 Å². The highest BCUT2D eigenvalue weighted by Crippen LogP contribution is 2.34. The number of amides is 1. The van der Waals surface area contributed by atoms with Crippen LogP contribution in [-0.2, 0) is 6.18 Å². The lowest BCUT2D eigenvalue weighted by molar-refractivity contribution is -0.137. The number of carbonyl (C=O) groups is 1. The third-order valence-electron chi connectivity index (χ3n) is 2.79. The van der Waals surface area contributed by atoms with Crippen molar-refractivity contribution < 1.29 is 18.0 Å². The first-order chi connectivity index (χ1) is 9.77. The van der Waals surface area contributed by atoms with E-state index in [1.54, 1.807) is 24.3 Å². The molecule has 0 fully saturated rings. The molecule has 0 aliphatic carbocycles. The van der Waals surface area contributed by atoms with Crippen LogP contribution in [0.1, 0.15) is 15.9 Å². The van der Waals surface area contributed by atoms with Crippen molar-refractivity contribution in [3.63, 3.8) is 0 Å². The van der Waals surface area contributed by atoms with Gasteiger partial charge in [0.15, 0.2) is 0 Å². The average molecular weight is 295 g/mol. The van der Waals surface area contributed by atoms with Crippen LogP contribution in [0, 0.1) is 0 Å². The topological polar surface area (TPSA) is 81.1 Å². The van der Waals surface area contributed by atoms with Gasteiger partial charge in [-0.25, -0.2) is 0 Å². The van der Waals surface area contributed by atoms with Gasteiger partial charge in [-0.05, 0) is 42.5 Å². The van der Waals surface area contributed by atoms with Crippen molar-refractivity contribution in [1.82, 2.24) is 0 Å². The van der Waals surface area contributed by atoms with E-state index >= 15 is 0 Å². The summed E-state index contributed by atoms with van der Waals surface area (Å²) in [6.07, 6.45) is -4.66. The Kier molecular flexibility index (Phi) is 3.75. The molecule has 0 spiro atoms. The number of nitrogens with two attached hydrogens (primary N) is 2. The van der Waals surface area contributed by atoms with Crippen molar-refractivity contribution in [3.05, 3.63) is 53.6 Å². The minimum atomic E-state index is -4.66. The monoisotopic (exact) mass is 295 g/mol. The molecule has 0 bridgehead atoms. The molecule has 2 rings (SSSR count). The summed E-state index contributed by atoms with van der Waals surface area (Å²) in [7, 11) is 0. The van der Waals surface area contributed by atoms with Crippen LogP contribution in [-0.4, -0.2) is 5.91 Å².